The summed E-state index contributed by atoms with van der Waals surface area (Å²) in [5.74, 6) is -0.458. The zero-order valence-electron chi connectivity index (χ0n) is 18.0. The van der Waals surface area contributed by atoms with Crippen molar-refractivity contribution in [2.75, 3.05) is 7.11 Å². The molecule has 6 nitrogen and oxygen atoms in total. The fourth-order valence-corrected chi connectivity index (χ4v) is 3.62. The van der Waals surface area contributed by atoms with Crippen molar-refractivity contribution in [3.05, 3.63) is 94.8 Å². The highest BCUT2D eigenvalue weighted by atomic mass is 35.5. The Hall–Kier alpha value is -3.84. The van der Waals surface area contributed by atoms with E-state index < -0.39 is 5.95 Å². The van der Waals surface area contributed by atoms with Gasteiger partial charge >= 0.3 is 0 Å². The monoisotopic (exact) mass is 462 g/mol. The molecule has 0 unspecified atom stereocenters. The average Bonchev–Trinajstić information content (AvgIpc) is 2.84. The minimum atomic E-state index is -0.632. The van der Waals surface area contributed by atoms with Crippen molar-refractivity contribution < 1.29 is 13.9 Å². The van der Waals surface area contributed by atoms with Crippen molar-refractivity contribution in [2.24, 2.45) is 0 Å². The molecule has 0 aliphatic carbocycles. The molecule has 4 rings (SSSR count). The second-order valence-electron chi connectivity index (χ2n) is 7.34. The van der Waals surface area contributed by atoms with E-state index in [1.165, 1.54) is 19.5 Å². The topological polar surface area (TPSA) is 77.0 Å². The number of methoxy groups -OCH3 is 1. The van der Waals surface area contributed by atoms with Gasteiger partial charge in [-0.05, 0) is 54.4 Å². The van der Waals surface area contributed by atoms with Crippen LogP contribution in [0.4, 0.5) is 4.39 Å². The first kappa shape index (κ1) is 22.4. The molecule has 1 aromatic carbocycles. The number of carbonyl (C=O) groups excluding carboxylic acids is 1. The third-order valence-corrected chi connectivity index (χ3v) is 5.29. The number of rotatable bonds is 6. The number of nitrogens with zero attached hydrogens (tertiary/aromatic N) is 3. The van der Waals surface area contributed by atoms with Crippen LogP contribution in [0, 0.1) is 12.9 Å². The second-order valence-corrected chi connectivity index (χ2v) is 7.74. The van der Waals surface area contributed by atoms with Crippen molar-refractivity contribution in [1.29, 1.82) is 0 Å². The number of carbonyl (C=O) groups is 1. The van der Waals surface area contributed by atoms with Crippen LogP contribution in [0.3, 0.4) is 0 Å². The van der Waals surface area contributed by atoms with Gasteiger partial charge in [0.2, 0.25) is 5.95 Å². The highest BCUT2D eigenvalue weighted by Crippen LogP contribution is 2.28. The Balaban J connectivity index is 1.70. The lowest BCUT2D eigenvalue weighted by molar-refractivity contribution is 0.0951. The lowest BCUT2D eigenvalue weighted by Gasteiger charge is -2.12. The molecule has 4 aromatic rings. The first-order valence-electron chi connectivity index (χ1n) is 10.1. The van der Waals surface area contributed by atoms with Crippen LogP contribution in [0.15, 0.2) is 67.1 Å². The molecular formula is C25H20ClFN4O2. The minimum absolute atomic E-state index is 0.231. The fourth-order valence-electron chi connectivity index (χ4n) is 3.34. The van der Waals surface area contributed by atoms with E-state index >= 15 is 0 Å². The highest BCUT2D eigenvalue weighted by molar-refractivity contribution is 6.32. The first-order chi connectivity index (χ1) is 16.0. The quantitative estimate of drug-likeness (QED) is 0.396. The maximum absolute atomic E-state index is 14.4. The van der Waals surface area contributed by atoms with Crippen molar-refractivity contribution in [2.45, 2.75) is 13.5 Å². The molecule has 3 heterocycles. The van der Waals surface area contributed by atoms with Crippen LogP contribution in [-0.2, 0) is 6.54 Å². The van der Waals surface area contributed by atoms with Gasteiger partial charge in [-0.25, -0.2) is 4.98 Å². The van der Waals surface area contributed by atoms with Crippen LogP contribution in [0.25, 0.3) is 22.5 Å². The van der Waals surface area contributed by atoms with Crippen molar-refractivity contribution >= 4 is 17.5 Å². The molecule has 33 heavy (non-hydrogen) atoms. The summed E-state index contributed by atoms with van der Waals surface area (Å²) in [6, 6.07) is 13.9. The summed E-state index contributed by atoms with van der Waals surface area (Å²) in [4.78, 5) is 25.8. The van der Waals surface area contributed by atoms with E-state index in [2.05, 4.69) is 20.3 Å². The molecule has 0 atom stereocenters. The van der Waals surface area contributed by atoms with Gasteiger partial charge in [-0.2, -0.15) is 4.39 Å². The Morgan fingerprint density at radius 2 is 1.94 bits per heavy atom. The molecular weight excluding hydrogens is 443 g/mol. The van der Waals surface area contributed by atoms with E-state index in [0.717, 1.165) is 11.1 Å². The van der Waals surface area contributed by atoms with Crippen molar-refractivity contribution in [1.82, 2.24) is 20.3 Å². The fraction of sp³-hybridized carbons (Fsp3) is 0.120. The molecule has 166 valence electrons. The number of aryl methyl sites for hydroxylation is 1. The van der Waals surface area contributed by atoms with E-state index in [4.69, 9.17) is 16.3 Å². The molecule has 0 aliphatic heterocycles. The summed E-state index contributed by atoms with van der Waals surface area (Å²) >= 11 is 6.19. The maximum Gasteiger partial charge on any atom is 0.253 e. The number of halogens is 2. The number of nitrogens with one attached hydrogen (secondary N) is 1. The molecule has 0 saturated carbocycles. The Bertz CT molecular complexity index is 1320. The van der Waals surface area contributed by atoms with Gasteiger partial charge in [-0.3, -0.25) is 14.8 Å². The third-order valence-electron chi connectivity index (χ3n) is 5.00. The Morgan fingerprint density at radius 1 is 1.09 bits per heavy atom. The van der Waals surface area contributed by atoms with Crippen LogP contribution >= 0.6 is 11.6 Å². The predicted octanol–water partition coefficient (Wildman–Crippen LogP) is 5.25. The zero-order chi connectivity index (χ0) is 23.4. The van der Waals surface area contributed by atoms with Crippen LogP contribution < -0.4 is 10.1 Å². The van der Waals surface area contributed by atoms with Crippen LogP contribution in [0.5, 0.6) is 5.75 Å². The van der Waals surface area contributed by atoms with Gasteiger partial charge in [-0.15, -0.1) is 0 Å². The van der Waals surface area contributed by atoms with Gasteiger partial charge in [0, 0.05) is 36.3 Å². The summed E-state index contributed by atoms with van der Waals surface area (Å²) in [5, 5.41) is 3.33. The standard InChI is InChI=1S/C25H20ClFN4O2/c1-15-9-18(24(27)30-12-15)17-11-19(23(29-14-17)21-5-3-4-8-28-21)25(32)31-13-16-6-7-22(33-2)20(26)10-16/h3-12,14H,13H2,1-2H3,(H,31,32). The van der Waals surface area contributed by atoms with Crippen LogP contribution in [-0.4, -0.2) is 28.0 Å². The predicted molar refractivity (Wildman–Crippen MR) is 125 cm³/mol. The molecule has 8 heteroatoms. The number of aromatic nitrogens is 3. The van der Waals surface area contributed by atoms with Crippen molar-refractivity contribution in [3.63, 3.8) is 0 Å². The molecule has 0 radical (unpaired) electrons. The lowest BCUT2D eigenvalue weighted by atomic mass is 10.0. The number of amides is 1. The van der Waals surface area contributed by atoms with E-state index in [9.17, 15) is 9.18 Å². The average molecular weight is 463 g/mol. The largest absolute Gasteiger partial charge is 0.495 e. The van der Waals surface area contributed by atoms with Gasteiger partial charge in [0.05, 0.1) is 23.4 Å². The molecule has 3 aromatic heterocycles. The maximum atomic E-state index is 14.4. The molecule has 0 aliphatic rings. The van der Waals surface area contributed by atoms with Crippen LogP contribution in [0.1, 0.15) is 21.5 Å². The SMILES string of the molecule is COc1ccc(CNC(=O)c2cc(-c3cc(C)cnc3F)cnc2-c2ccccn2)cc1Cl. The summed E-state index contributed by atoms with van der Waals surface area (Å²) in [7, 11) is 1.54. The van der Waals surface area contributed by atoms with Crippen LogP contribution in [0.2, 0.25) is 5.02 Å². The Labute approximate surface area is 195 Å². The van der Waals surface area contributed by atoms with Gasteiger partial charge in [0.25, 0.3) is 5.91 Å². The van der Waals surface area contributed by atoms with E-state index in [1.807, 2.05) is 19.1 Å². The smallest absolute Gasteiger partial charge is 0.253 e. The molecule has 0 fully saturated rings. The Kier molecular flexibility index (Phi) is 6.60. The number of ether oxygens (including phenoxy) is 1. The van der Waals surface area contributed by atoms with Gasteiger partial charge in [0.1, 0.15) is 11.4 Å². The minimum Gasteiger partial charge on any atom is -0.495 e. The van der Waals surface area contributed by atoms with E-state index in [0.29, 0.717) is 27.7 Å². The summed E-state index contributed by atoms with van der Waals surface area (Å²) in [5.41, 5.74) is 3.50. The summed E-state index contributed by atoms with van der Waals surface area (Å²) < 4.78 is 19.6. The molecule has 0 spiro atoms. The third kappa shape index (κ3) is 4.99. The number of pyridine rings is 3. The molecule has 0 saturated heterocycles. The van der Waals surface area contributed by atoms with Crippen molar-refractivity contribution in [3.8, 4) is 28.3 Å². The summed E-state index contributed by atoms with van der Waals surface area (Å²) in [6.07, 6.45) is 4.59. The van der Waals surface area contributed by atoms with Gasteiger partial charge in [-0.1, -0.05) is 23.7 Å². The lowest BCUT2D eigenvalue weighted by Crippen LogP contribution is -2.24. The number of hydrogen-bond donors (Lipinski definition) is 1. The van der Waals surface area contributed by atoms with E-state index in [-0.39, 0.29) is 23.6 Å². The first-order valence-corrected chi connectivity index (χ1v) is 10.5. The highest BCUT2D eigenvalue weighted by Gasteiger charge is 2.18. The summed E-state index contributed by atoms with van der Waals surface area (Å²) in [6.45, 7) is 2.05. The molecule has 1 N–H and O–H groups in total. The number of hydrogen-bond acceptors (Lipinski definition) is 5. The molecule has 1 amide bonds. The van der Waals surface area contributed by atoms with Gasteiger partial charge in [0.15, 0.2) is 0 Å². The normalized spacial score (nSPS) is 10.7. The number of benzene rings is 1. The van der Waals surface area contributed by atoms with Gasteiger partial charge < -0.3 is 10.1 Å². The molecule has 0 bridgehead atoms. The Morgan fingerprint density at radius 3 is 2.67 bits per heavy atom. The zero-order valence-corrected chi connectivity index (χ0v) is 18.7. The van der Waals surface area contributed by atoms with E-state index in [1.54, 1.807) is 42.6 Å². The second kappa shape index (κ2) is 9.75.